The molecule has 3 N–H and O–H groups in total. The SMILES string of the molecule is O=C(O)CCNC(=O)CCCCCSc1cccc2c1CN(C1CCC(=O)NC1=O)C2=O. The highest BCUT2D eigenvalue weighted by Gasteiger charge is 2.39. The zero-order valence-corrected chi connectivity index (χ0v) is 18.5. The Bertz CT molecular complexity index is 919. The van der Waals surface area contributed by atoms with E-state index in [1.54, 1.807) is 22.7 Å². The van der Waals surface area contributed by atoms with E-state index >= 15 is 0 Å². The minimum Gasteiger partial charge on any atom is -0.481 e. The van der Waals surface area contributed by atoms with Crippen LogP contribution in [0.4, 0.5) is 0 Å². The fraction of sp³-hybridized carbons (Fsp3) is 0.500. The number of carbonyl (C=O) groups excluding carboxylic acids is 4. The maximum Gasteiger partial charge on any atom is 0.305 e. The summed E-state index contributed by atoms with van der Waals surface area (Å²) in [6.07, 6.45) is 3.38. The van der Waals surface area contributed by atoms with Crippen molar-refractivity contribution in [3.63, 3.8) is 0 Å². The van der Waals surface area contributed by atoms with Crippen LogP contribution in [-0.2, 0) is 25.7 Å². The number of unbranched alkanes of at least 4 members (excludes halogenated alkanes) is 2. The summed E-state index contributed by atoms with van der Waals surface area (Å²) >= 11 is 1.65. The first-order chi connectivity index (χ1) is 15.4. The Balaban J connectivity index is 1.44. The number of hydrogen-bond acceptors (Lipinski definition) is 6. The summed E-state index contributed by atoms with van der Waals surface area (Å²) in [4.78, 5) is 61.1. The molecule has 32 heavy (non-hydrogen) atoms. The van der Waals surface area contributed by atoms with Gasteiger partial charge in [-0.3, -0.25) is 29.3 Å². The highest BCUT2D eigenvalue weighted by molar-refractivity contribution is 7.99. The summed E-state index contributed by atoms with van der Waals surface area (Å²) in [7, 11) is 0. The van der Waals surface area contributed by atoms with Gasteiger partial charge in [-0.15, -0.1) is 11.8 Å². The van der Waals surface area contributed by atoms with E-state index in [1.165, 1.54) is 0 Å². The number of imide groups is 1. The molecule has 2 heterocycles. The first kappa shape index (κ1) is 23.8. The van der Waals surface area contributed by atoms with E-state index in [1.807, 2.05) is 12.1 Å². The second kappa shape index (κ2) is 11.1. The topological polar surface area (TPSA) is 133 Å². The summed E-state index contributed by atoms with van der Waals surface area (Å²) < 4.78 is 0. The van der Waals surface area contributed by atoms with E-state index in [4.69, 9.17) is 5.11 Å². The molecule has 1 atom stereocenters. The van der Waals surface area contributed by atoms with Crippen LogP contribution in [0.2, 0.25) is 0 Å². The number of piperidine rings is 1. The molecular formula is C22H27N3O6S. The maximum absolute atomic E-state index is 12.8. The Kier molecular flexibility index (Phi) is 8.26. The number of amides is 4. The van der Waals surface area contributed by atoms with Gasteiger partial charge in [0.05, 0.1) is 6.42 Å². The van der Waals surface area contributed by atoms with Crippen LogP contribution in [0.3, 0.4) is 0 Å². The molecule has 3 rings (SSSR count). The van der Waals surface area contributed by atoms with Gasteiger partial charge in [-0.2, -0.15) is 0 Å². The fourth-order valence-corrected chi connectivity index (χ4v) is 4.93. The normalized spacial score (nSPS) is 17.8. The van der Waals surface area contributed by atoms with Crippen molar-refractivity contribution < 1.29 is 29.1 Å². The number of aliphatic carboxylic acids is 1. The van der Waals surface area contributed by atoms with Crippen LogP contribution in [0, 0.1) is 0 Å². The zero-order valence-electron chi connectivity index (χ0n) is 17.7. The predicted octanol–water partition coefficient (Wildman–Crippen LogP) is 1.69. The van der Waals surface area contributed by atoms with Gasteiger partial charge in [-0.25, -0.2) is 0 Å². The lowest BCUT2D eigenvalue weighted by atomic mass is 10.0. The third-order valence-electron chi connectivity index (χ3n) is 5.51. The highest BCUT2D eigenvalue weighted by atomic mass is 32.2. The van der Waals surface area contributed by atoms with Crippen molar-refractivity contribution in [2.45, 2.75) is 62.4 Å². The minimum absolute atomic E-state index is 0.0761. The van der Waals surface area contributed by atoms with Crippen molar-refractivity contribution in [1.82, 2.24) is 15.5 Å². The monoisotopic (exact) mass is 461 g/mol. The van der Waals surface area contributed by atoms with Crippen molar-refractivity contribution in [2.75, 3.05) is 12.3 Å². The Morgan fingerprint density at radius 1 is 1.16 bits per heavy atom. The van der Waals surface area contributed by atoms with Gasteiger partial charge in [0.1, 0.15) is 6.04 Å². The van der Waals surface area contributed by atoms with Gasteiger partial charge in [-0.1, -0.05) is 12.5 Å². The van der Waals surface area contributed by atoms with E-state index in [9.17, 15) is 24.0 Å². The molecule has 9 nitrogen and oxygen atoms in total. The third-order valence-corrected chi connectivity index (χ3v) is 6.69. The van der Waals surface area contributed by atoms with Gasteiger partial charge in [0.2, 0.25) is 17.7 Å². The van der Waals surface area contributed by atoms with E-state index in [-0.39, 0.29) is 37.1 Å². The van der Waals surface area contributed by atoms with Crippen molar-refractivity contribution >= 4 is 41.4 Å². The average molecular weight is 462 g/mol. The summed E-state index contributed by atoms with van der Waals surface area (Å²) in [6.45, 7) is 0.512. The second-order valence-electron chi connectivity index (χ2n) is 7.84. The van der Waals surface area contributed by atoms with E-state index in [0.29, 0.717) is 24.9 Å². The van der Waals surface area contributed by atoms with Gasteiger partial charge in [0, 0.05) is 36.4 Å². The maximum atomic E-state index is 12.8. The minimum atomic E-state index is -0.934. The number of thioether (sulfide) groups is 1. The van der Waals surface area contributed by atoms with Crippen LogP contribution in [-0.4, -0.2) is 57.9 Å². The molecule has 1 unspecified atom stereocenters. The molecule has 0 spiro atoms. The van der Waals surface area contributed by atoms with Crippen LogP contribution in [0.5, 0.6) is 0 Å². The van der Waals surface area contributed by atoms with Crippen LogP contribution in [0.15, 0.2) is 23.1 Å². The number of nitrogens with one attached hydrogen (secondary N) is 2. The van der Waals surface area contributed by atoms with E-state index in [2.05, 4.69) is 10.6 Å². The molecule has 0 radical (unpaired) electrons. The number of nitrogens with zero attached hydrogens (tertiary/aromatic N) is 1. The van der Waals surface area contributed by atoms with Crippen LogP contribution >= 0.6 is 11.8 Å². The fourth-order valence-electron chi connectivity index (χ4n) is 3.84. The number of carboxylic acids is 1. The van der Waals surface area contributed by atoms with Crippen molar-refractivity contribution in [2.24, 2.45) is 0 Å². The van der Waals surface area contributed by atoms with Crippen molar-refractivity contribution in [1.29, 1.82) is 0 Å². The summed E-state index contributed by atoms with van der Waals surface area (Å²) in [5.74, 6) is -1.12. The molecule has 0 aliphatic carbocycles. The molecule has 0 bridgehead atoms. The first-order valence-corrected chi connectivity index (χ1v) is 11.7. The van der Waals surface area contributed by atoms with Crippen molar-refractivity contribution in [3.8, 4) is 0 Å². The quantitative estimate of drug-likeness (QED) is 0.259. The second-order valence-corrected chi connectivity index (χ2v) is 8.97. The highest BCUT2D eigenvalue weighted by Crippen LogP contribution is 2.34. The Labute approximate surface area is 190 Å². The lowest BCUT2D eigenvalue weighted by molar-refractivity contribution is -0.138. The first-order valence-electron chi connectivity index (χ1n) is 10.7. The molecule has 2 aliphatic heterocycles. The smallest absolute Gasteiger partial charge is 0.305 e. The number of hydrogen-bond donors (Lipinski definition) is 3. The molecule has 172 valence electrons. The molecule has 10 heteroatoms. The molecule has 0 aromatic heterocycles. The standard InChI is InChI=1S/C22H27N3O6S/c26-18(23-11-10-20(28)29)7-2-1-3-12-32-17-6-4-5-14-15(17)13-25(22(14)31)16-8-9-19(27)24-21(16)30/h4-6,16H,1-3,7-13H2,(H,23,26)(H,28,29)(H,24,27,30). The van der Waals surface area contributed by atoms with Crippen molar-refractivity contribution in [3.05, 3.63) is 29.3 Å². The van der Waals surface area contributed by atoms with Crippen LogP contribution in [0.25, 0.3) is 0 Å². The van der Waals surface area contributed by atoms with Gasteiger partial charge < -0.3 is 15.3 Å². The van der Waals surface area contributed by atoms with Gasteiger partial charge >= 0.3 is 5.97 Å². The lowest BCUT2D eigenvalue weighted by Crippen LogP contribution is -2.52. The number of fused-ring (bicyclic) bond motifs is 1. The Morgan fingerprint density at radius 2 is 1.97 bits per heavy atom. The lowest BCUT2D eigenvalue weighted by Gasteiger charge is -2.29. The van der Waals surface area contributed by atoms with E-state index < -0.39 is 17.9 Å². The van der Waals surface area contributed by atoms with Gasteiger partial charge in [-0.05, 0) is 42.7 Å². The molecular weight excluding hydrogens is 434 g/mol. The average Bonchev–Trinajstić information content (AvgIpc) is 3.07. The molecule has 1 aromatic rings. The van der Waals surface area contributed by atoms with Crippen LogP contribution < -0.4 is 10.6 Å². The van der Waals surface area contributed by atoms with Gasteiger partial charge in [0.25, 0.3) is 5.91 Å². The number of carbonyl (C=O) groups is 5. The molecule has 2 aliphatic rings. The molecule has 4 amide bonds. The number of rotatable bonds is 11. The third kappa shape index (κ3) is 6.09. The van der Waals surface area contributed by atoms with E-state index in [0.717, 1.165) is 35.5 Å². The molecule has 1 saturated heterocycles. The molecule has 1 fully saturated rings. The largest absolute Gasteiger partial charge is 0.481 e. The summed E-state index contributed by atoms with van der Waals surface area (Å²) in [5, 5.41) is 13.5. The molecule has 0 saturated carbocycles. The Hall–Kier alpha value is -2.88. The van der Waals surface area contributed by atoms with Gasteiger partial charge in [0.15, 0.2) is 0 Å². The summed E-state index contributed by atoms with van der Waals surface area (Å²) in [5.41, 5.74) is 1.53. The molecule has 1 aromatic carbocycles. The predicted molar refractivity (Wildman–Crippen MR) is 117 cm³/mol. The van der Waals surface area contributed by atoms with Crippen LogP contribution in [0.1, 0.15) is 60.9 Å². The zero-order chi connectivity index (χ0) is 23.1. The summed E-state index contributed by atoms with van der Waals surface area (Å²) in [6, 6.07) is 4.97. The number of benzene rings is 1. The number of carboxylic acid groups (broad SMARTS) is 1. The Morgan fingerprint density at radius 3 is 2.72 bits per heavy atom.